The standard InChI is InChI=1S/C26H31N5O4/c1-35-22-6-4-5-19-18(22)12-20(30-19)25(34)31-15-26(8-2-3-9-26)13-21(31)24(33)29-17(14-27)11-16-7-10-28-23(16)32/h4-6,12,16-17,21,30H,2-3,7-11,13,15H2,1H3,(H,28,32)(H,29,33)/t16-,17-,21+/m0/s1. The first-order valence-corrected chi connectivity index (χ1v) is 12.4. The summed E-state index contributed by atoms with van der Waals surface area (Å²) in [4.78, 5) is 44.0. The van der Waals surface area contributed by atoms with Crippen LogP contribution in [0.25, 0.3) is 10.9 Å². The number of likely N-dealkylation sites (tertiary alicyclic amines) is 1. The fraction of sp³-hybridized carbons (Fsp3) is 0.538. The number of hydrogen-bond acceptors (Lipinski definition) is 5. The minimum Gasteiger partial charge on any atom is -0.496 e. The molecule has 2 aromatic rings. The van der Waals surface area contributed by atoms with Crippen molar-refractivity contribution in [3.05, 3.63) is 30.0 Å². The van der Waals surface area contributed by atoms with E-state index in [1.165, 1.54) is 0 Å². The molecule has 1 aromatic carbocycles. The van der Waals surface area contributed by atoms with Crippen molar-refractivity contribution in [2.75, 3.05) is 20.2 Å². The molecule has 0 unspecified atom stereocenters. The number of hydrogen-bond donors (Lipinski definition) is 3. The number of aromatic amines is 1. The Bertz CT molecular complexity index is 1190. The van der Waals surface area contributed by atoms with E-state index in [-0.39, 0.29) is 35.5 Å². The molecule has 3 heterocycles. The van der Waals surface area contributed by atoms with E-state index in [1.807, 2.05) is 18.2 Å². The molecule has 1 aliphatic carbocycles. The Morgan fingerprint density at radius 2 is 2.14 bits per heavy atom. The average Bonchev–Trinajstić information content (AvgIpc) is 3.65. The molecule has 3 fully saturated rings. The number of nitrogens with one attached hydrogen (secondary N) is 3. The maximum absolute atomic E-state index is 13.7. The Labute approximate surface area is 204 Å². The van der Waals surface area contributed by atoms with Crippen LogP contribution >= 0.6 is 0 Å². The van der Waals surface area contributed by atoms with Gasteiger partial charge in [0.25, 0.3) is 5.91 Å². The fourth-order valence-corrected chi connectivity index (χ4v) is 6.13. The number of carbonyl (C=O) groups excluding carboxylic acids is 3. The van der Waals surface area contributed by atoms with Crippen molar-refractivity contribution in [2.45, 2.75) is 57.0 Å². The summed E-state index contributed by atoms with van der Waals surface area (Å²) in [5, 5.41) is 16.1. The van der Waals surface area contributed by atoms with Gasteiger partial charge in [-0.25, -0.2) is 0 Å². The SMILES string of the molecule is COc1cccc2[nH]c(C(=O)N3CC4(CCCC4)C[C@@H]3C(=O)N[C@H](C#N)C[C@@H]3CCNC3=O)cc12. The molecule has 3 aliphatic rings. The van der Waals surface area contributed by atoms with E-state index >= 15 is 0 Å². The summed E-state index contributed by atoms with van der Waals surface area (Å²) in [6.45, 7) is 1.12. The van der Waals surface area contributed by atoms with Crippen LogP contribution in [0.1, 0.15) is 55.4 Å². The minimum atomic E-state index is -0.772. The molecule has 9 nitrogen and oxygen atoms in total. The number of benzene rings is 1. The van der Waals surface area contributed by atoms with Crippen LogP contribution in [0, 0.1) is 22.7 Å². The molecule has 3 N–H and O–H groups in total. The van der Waals surface area contributed by atoms with Gasteiger partial charge in [0.05, 0.1) is 13.2 Å². The van der Waals surface area contributed by atoms with Crippen LogP contribution in [0.2, 0.25) is 0 Å². The summed E-state index contributed by atoms with van der Waals surface area (Å²) in [5.41, 5.74) is 1.15. The van der Waals surface area contributed by atoms with Crippen molar-refractivity contribution in [1.82, 2.24) is 20.5 Å². The molecular formula is C26H31N5O4. The van der Waals surface area contributed by atoms with Crippen LogP contribution in [-0.2, 0) is 9.59 Å². The van der Waals surface area contributed by atoms with Gasteiger partial charge in [0, 0.05) is 29.9 Å². The van der Waals surface area contributed by atoms with E-state index in [9.17, 15) is 19.6 Å². The normalized spacial score (nSPS) is 23.9. The van der Waals surface area contributed by atoms with Gasteiger partial charge in [0.15, 0.2) is 0 Å². The number of nitrogens with zero attached hydrogens (tertiary/aromatic N) is 2. The van der Waals surface area contributed by atoms with Crippen LogP contribution in [0.4, 0.5) is 0 Å². The number of H-pyrrole nitrogens is 1. The van der Waals surface area contributed by atoms with Crippen LogP contribution in [0.5, 0.6) is 5.75 Å². The van der Waals surface area contributed by atoms with E-state index < -0.39 is 12.1 Å². The quantitative estimate of drug-likeness (QED) is 0.589. The summed E-state index contributed by atoms with van der Waals surface area (Å²) in [6.07, 6.45) is 5.71. The topological polar surface area (TPSA) is 127 Å². The van der Waals surface area contributed by atoms with E-state index in [4.69, 9.17) is 4.74 Å². The number of aromatic nitrogens is 1. The lowest BCUT2D eigenvalue weighted by molar-refractivity contribution is -0.126. The second-order valence-corrected chi connectivity index (χ2v) is 10.2. The lowest BCUT2D eigenvalue weighted by Crippen LogP contribution is -2.49. The van der Waals surface area contributed by atoms with Gasteiger partial charge in [-0.05, 0) is 55.7 Å². The van der Waals surface area contributed by atoms with Gasteiger partial charge in [0.2, 0.25) is 11.8 Å². The van der Waals surface area contributed by atoms with Gasteiger partial charge in [-0.3, -0.25) is 14.4 Å². The van der Waals surface area contributed by atoms with E-state index in [1.54, 1.807) is 18.1 Å². The number of carbonyl (C=O) groups is 3. The molecule has 184 valence electrons. The van der Waals surface area contributed by atoms with Crippen molar-refractivity contribution in [3.8, 4) is 11.8 Å². The second kappa shape index (κ2) is 9.25. The minimum absolute atomic E-state index is 0.0607. The summed E-state index contributed by atoms with van der Waals surface area (Å²) in [7, 11) is 1.59. The Morgan fingerprint density at radius 3 is 2.83 bits per heavy atom. The third-order valence-corrected chi connectivity index (χ3v) is 7.97. The van der Waals surface area contributed by atoms with Gasteiger partial charge in [0.1, 0.15) is 23.5 Å². The summed E-state index contributed by atoms with van der Waals surface area (Å²) in [6, 6.07) is 8.08. The van der Waals surface area contributed by atoms with Crippen LogP contribution in [0.15, 0.2) is 24.3 Å². The third-order valence-electron chi connectivity index (χ3n) is 7.97. The number of rotatable bonds is 6. The molecule has 0 bridgehead atoms. The van der Waals surface area contributed by atoms with Crippen LogP contribution < -0.4 is 15.4 Å². The fourth-order valence-electron chi connectivity index (χ4n) is 6.13. The maximum Gasteiger partial charge on any atom is 0.271 e. The average molecular weight is 478 g/mol. The van der Waals surface area contributed by atoms with Crippen molar-refractivity contribution in [3.63, 3.8) is 0 Å². The first-order chi connectivity index (χ1) is 16.9. The molecular weight excluding hydrogens is 446 g/mol. The van der Waals surface area contributed by atoms with Crippen molar-refractivity contribution < 1.29 is 19.1 Å². The molecule has 35 heavy (non-hydrogen) atoms. The summed E-state index contributed by atoms with van der Waals surface area (Å²) >= 11 is 0. The van der Waals surface area contributed by atoms with E-state index in [0.717, 1.165) is 36.6 Å². The van der Waals surface area contributed by atoms with Crippen molar-refractivity contribution in [1.29, 1.82) is 5.26 Å². The molecule has 2 saturated heterocycles. The summed E-state index contributed by atoms with van der Waals surface area (Å²) in [5.74, 6) is -0.217. The monoisotopic (exact) mass is 477 g/mol. The highest BCUT2D eigenvalue weighted by molar-refractivity contribution is 6.02. The van der Waals surface area contributed by atoms with Crippen molar-refractivity contribution >= 4 is 28.6 Å². The molecule has 9 heteroatoms. The van der Waals surface area contributed by atoms with Gasteiger partial charge in [-0.15, -0.1) is 0 Å². The van der Waals surface area contributed by atoms with Gasteiger partial charge >= 0.3 is 0 Å². The van der Waals surface area contributed by atoms with Gasteiger partial charge in [-0.1, -0.05) is 18.9 Å². The number of fused-ring (bicyclic) bond motifs is 1. The van der Waals surface area contributed by atoms with Crippen molar-refractivity contribution in [2.24, 2.45) is 11.3 Å². The zero-order valence-corrected chi connectivity index (χ0v) is 19.9. The number of ether oxygens (including phenoxy) is 1. The molecule has 1 aromatic heterocycles. The maximum atomic E-state index is 13.7. The van der Waals surface area contributed by atoms with E-state index in [0.29, 0.717) is 37.4 Å². The molecule has 5 rings (SSSR count). The van der Waals surface area contributed by atoms with Gasteiger partial charge in [-0.2, -0.15) is 5.26 Å². The molecule has 1 spiro atoms. The smallest absolute Gasteiger partial charge is 0.271 e. The number of methoxy groups -OCH3 is 1. The Kier molecular flexibility index (Phi) is 6.13. The van der Waals surface area contributed by atoms with Crippen LogP contribution in [0.3, 0.4) is 0 Å². The lowest BCUT2D eigenvalue weighted by Gasteiger charge is -2.25. The predicted molar refractivity (Wildman–Crippen MR) is 128 cm³/mol. The predicted octanol–water partition coefficient (Wildman–Crippen LogP) is 2.49. The highest BCUT2D eigenvalue weighted by Crippen LogP contribution is 2.48. The Morgan fingerprint density at radius 1 is 1.34 bits per heavy atom. The highest BCUT2D eigenvalue weighted by Gasteiger charge is 2.50. The molecule has 1 saturated carbocycles. The molecule has 2 aliphatic heterocycles. The molecule has 3 atom stereocenters. The Balaban J connectivity index is 1.38. The van der Waals surface area contributed by atoms with E-state index in [2.05, 4.69) is 21.7 Å². The largest absolute Gasteiger partial charge is 0.496 e. The zero-order valence-electron chi connectivity index (χ0n) is 19.9. The van der Waals surface area contributed by atoms with Crippen LogP contribution in [-0.4, -0.2) is 59.9 Å². The number of amides is 3. The lowest BCUT2D eigenvalue weighted by atomic mass is 9.84. The first-order valence-electron chi connectivity index (χ1n) is 12.4. The highest BCUT2D eigenvalue weighted by atomic mass is 16.5. The zero-order chi connectivity index (χ0) is 24.6. The second-order valence-electron chi connectivity index (χ2n) is 10.2. The Hall–Kier alpha value is -3.54. The summed E-state index contributed by atoms with van der Waals surface area (Å²) < 4.78 is 5.43. The first kappa shape index (κ1) is 23.2. The number of nitriles is 1. The third kappa shape index (κ3) is 4.33. The molecule has 3 amide bonds. The van der Waals surface area contributed by atoms with Gasteiger partial charge < -0.3 is 25.3 Å². The molecule has 0 radical (unpaired) electrons.